The van der Waals surface area contributed by atoms with E-state index >= 15 is 0 Å². The zero-order valence-electron chi connectivity index (χ0n) is 20.1. The molecule has 0 bridgehead atoms. The number of nitrogens with zero attached hydrogens (tertiary/aromatic N) is 3. The Labute approximate surface area is 202 Å². The van der Waals surface area contributed by atoms with Crippen LogP contribution in [0, 0.1) is 5.92 Å². The van der Waals surface area contributed by atoms with Crippen LogP contribution < -0.4 is 4.90 Å². The predicted octanol–water partition coefficient (Wildman–Crippen LogP) is 6.01. The van der Waals surface area contributed by atoms with Crippen molar-refractivity contribution in [1.29, 1.82) is 0 Å². The molecule has 0 radical (unpaired) electrons. The van der Waals surface area contributed by atoms with Crippen molar-refractivity contribution in [2.75, 3.05) is 23.7 Å². The summed E-state index contributed by atoms with van der Waals surface area (Å²) in [5.41, 5.74) is 2.81. The third kappa shape index (κ3) is 7.00. The van der Waals surface area contributed by atoms with Crippen LogP contribution in [-0.2, 0) is 19.4 Å². The lowest BCUT2D eigenvalue weighted by molar-refractivity contribution is -0.145. The highest BCUT2D eigenvalue weighted by atomic mass is 32.2. The van der Waals surface area contributed by atoms with Gasteiger partial charge in [-0.05, 0) is 61.4 Å². The van der Waals surface area contributed by atoms with Gasteiger partial charge in [0, 0.05) is 37.2 Å². The van der Waals surface area contributed by atoms with Gasteiger partial charge < -0.3 is 9.64 Å². The Morgan fingerprint density at radius 2 is 1.59 bits per heavy atom. The minimum absolute atomic E-state index is 0.0649. The summed E-state index contributed by atoms with van der Waals surface area (Å²) in [5, 5.41) is 8.50. The molecule has 7 nitrogen and oxygen atoms in total. The molecule has 1 heterocycles. The van der Waals surface area contributed by atoms with Crippen molar-refractivity contribution in [1.82, 2.24) is 0 Å². The average Bonchev–Trinajstić information content (AvgIpc) is 2.83. The molecule has 0 N–H and O–H groups in total. The van der Waals surface area contributed by atoms with Gasteiger partial charge in [-0.15, -0.1) is 0 Å². The van der Waals surface area contributed by atoms with Crippen LogP contribution in [0.25, 0.3) is 0 Å². The number of benzene rings is 2. The zero-order valence-corrected chi connectivity index (χ0v) is 20.9. The standard InChI is InChI=1S/C26H33N3O4S/c1-5-20(4)18-34(31,32)25-12-8-22(9-13-25)28-27-21-6-10-23(11-7-21)29-16-14-24(15-17-29)33-26(30)19(2)3/h6-13,20,24H,2,5,14-18H2,1,3-4H3/b28-27+. The molecule has 2 aromatic carbocycles. The molecular weight excluding hydrogens is 450 g/mol. The zero-order chi connectivity index (χ0) is 24.7. The van der Waals surface area contributed by atoms with E-state index in [1.807, 2.05) is 38.1 Å². The largest absolute Gasteiger partial charge is 0.459 e. The van der Waals surface area contributed by atoms with Crippen molar-refractivity contribution in [3.05, 3.63) is 60.7 Å². The number of ether oxygens (including phenoxy) is 1. The second kappa shape index (κ2) is 11.4. The van der Waals surface area contributed by atoms with E-state index in [2.05, 4.69) is 21.7 Å². The summed E-state index contributed by atoms with van der Waals surface area (Å²) in [6.07, 6.45) is 2.32. The summed E-state index contributed by atoms with van der Waals surface area (Å²) in [6, 6.07) is 14.3. The minimum atomic E-state index is -3.29. The fraction of sp³-hybridized carbons (Fsp3) is 0.423. The molecule has 0 saturated carbocycles. The molecule has 1 unspecified atom stereocenters. The van der Waals surface area contributed by atoms with E-state index in [9.17, 15) is 13.2 Å². The summed E-state index contributed by atoms with van der Waals surface area (Å²) in [6.45, 7) is 10.8. The van der Waals surface area contributed by atoms with Crippen LogP contribution in [0.5, 0.6) is 0 Å². The monoisotopic (exact) mass is 483 g/mol. The second-order valence-electron chi connectivity index (χ2n) is 8.88. The van der Waals surface area contributed by atoms with Gasteiger partial charge in [0.25, 0.3) is 0 Å². The molecular formula is C26H33N3O4S. The Balaban J connectivity index is 1.55. The Hall–Kier alpha value is -3.00. The topological polar surface area (TPSA) is 88.4 Å². The van der Waals surface area contributed by atoms with Crippen molar-refractivity contribution >= 4 is 32.9 Å². The van der Waals surface area contributed by atoms with Crippen LogP contribution in [0.4, 0.5) is 17.1 Å². The maximum atomic E-state index is 12.5. The maximum absolute atomic E-state index is 12.5. The molecule has 1 fully saturated rings. The van der Waals surface area contributed by atoms with Crippen LogP contribution in [0.1, 0.15) is 40.0 Å². The van der Waals surface area contributed by atoms with Gasteiger partial charge in [-0.3, -0.25) is 0 Å². The molecule has 1 aliphatic rings. The number of hydrogen-bond acceptors (Lipinski definition) is 7. The fourth-order valence-electron chi connectivity index (χ4n) is 3.64. The maximum Gasteiger partial charge on any atom is 0.333 e. The number of esters is 1. The summed E-state index contributed by atoms with van der Waals surface area (Å²) in [7, 11) is -3.29. The van der Waals surface area contributed by atoms with E-state index in [1.165, 1.54) is 0 Å². The summed E-state index contributed by atoms with van der Waals surface area (Å²) >= 11 is 0. The number of carbonyl (C=O) groups is 1. The lowest BCUT2D eigenvalue weighted by Crippen LogP contribution is -2.37. The summed E-state index contributed by atoms with van der Waals surface area (Å²) in [4.78, 5) is 14.3. The Kier molecular flexibility index (Phi) is 8.61. The highest BCUT2D eigenvalue weighted by Crippen LogP contribution is 2.26. The third-order valence-corrected chi connectivity index (χ3v) is 7.95. The van der Waals surface area contributed by atoms with E-state index in [0.717, 1.165) is 38.0 Å². The molecule has 3 rings (SSSR count). The van der Waals surface area contributed by atoms with E-state index in [1.54, 1.807) is 31.2 Å². The Bertz CT molecular complexity index is 1120. The first-order chi connectivity index (χ1) is 16.2. The van der Waals surface area contributed by atoms with Crippen LogP contribution >= 0.6 is 0 Å². The molecule has 0 aromatic heterocycles. The smallest absolute Gasteiger partial charge is 0.333 e. The molecule has 1 atom stereocenters. The van der Waals surface area contributed by atoms with E-state index < -0.39 is 9.84 Å². The Morgan fingerprint density at radius 3 is 2.09 bits per heavy atom. The number of sulfone groups is 1. The third-order valence-electron chi connectivity index (χ3n) is 5.96. The van der Waals surface area contributed by atoms with E-state index in [-0.39, 0.29) is 23.7 Å². The first kappa shape index (κ1) is 25.6. The van der Waals surface area contributed by atoms with Crippen molar-refractivity contribution in [2.24, 2.45) is 16.1 Å². The number of piperidine rings is 1. The van der Waals surface area contributed by atoms with Crippen molar-refractivity contribution in [3.8, 4) is 0 Å². The number of carbonyl (C=O) groups excluding carboxylic acids is 1. The van der Waals surface area contributed by atoms with Gasteiger partial charge in [0.05, 0.1) is 22.0 Å². The molecule has 0 amide bonds. The van der Waals surface area contributed by atoms with Gasteiger partial charge in [0.2, 0.25) is 0 Å². The van der Waals surface area contributed by atoms with Gasteiger partial charge in [-0.25, -0.2) is 13.2 Å². The first-order valence-corrected chi connectivity index (χ1v) is 13.3. The average molecular weight is 484 g/mol. The number of anilines is 1. The minimum Gasteiger partial charge on any atom is -0.459 e. The van der Waals surface area contributed by atoms with Crippen LogP contribution in [0.3, 0.4) is 0 Å². The fourth-order valence-corrected chi connectivity index (χ4v) is 5.37. The number of hydrogen-bond donors (Lipinski definition) is 0. The molecule has 8 heteroatoms. The van der Waals surface area contributed by atoms with Gasteiger partial charge >= 0.3 is 5.97 Å². The lowest BCUT2D eigenvalue weighted by Gasteiger charge is -2.33. The molecule has 0 spiro atoms. The van der Waals surface area contributed by atoms with Gasteiger partial charge in [-0.1, -0.05) is 26.8 Å². The molecule has 1 aliphatic heterocycles. The predicted molar refractivity (Wildman–Crippen MR) is 135 cm³/mol. The normalized spacial score (nSPS) is 15.9. The van der Waals surface area contributed by atoms with Gasteiger partial charge in [0.15, 0.2) is 9.84 Å². The highest BCUT2D eigenvalue weighted by molar-refractivity contribution is 7.91. The highest BCUT2D eigenvalue weighted by Gasteiger charge is 2.22. The first-order valence-electron chi connectivity index (χ1n) is 11.6. The van der Waals surface area contributed by atoms with Crippen LogP contribution in [0.2, 0.25) is 0 Å². The molecule has 182 valence electrons. The van der Waals surface area contributed by atoms with E-state index in [0.29, 0.717) is 21.8 Å². The number of rotatable bonds is 9. The SMILES string of the molecule is C=C(C)C(=O)OC1CCN(c2ccc(/N=N/c3ccc(S(=O)(=O)CC(C)CC)cc3)cc2)CC1. The van der Waals surface area contributed by atoms with E-state index in [4.69, 9.17) is 4.74 Å². The van der Waals surface area contributed by atoms with Crippen molar-refractivity contribution < 1.29 is 17.9 Å². The Morgan fingerprint density at radius 1 is 1.06 bits per heavy atom. The molecule has 34 heavy (non-hydrogen) atoms. The molecule has 1 saturated heterocycles. The van der Waals surface area contributed by atoms with Crippen molar-refractivity contribution in [3.63, 3.8) is 0 Å². The van der Waals surface area contributed by atoms with Crippen LogP contribution in [0.15, 0.2) is 75.8 Å². The van der Waals surface area contributed by atoms with Gasteiger partial charge in [-0.2, -0.15) is 10.2 Å². The van der Waals surface area contributed by atoms with Gasteiger partial charge in [0.1, 0.15) is 6.10 Å². The van der Waals surface area contributed by atoms with Crippen molar-refractivity contribution in [2.45, 2.75) is 51.0 Å². The quantitative estimate of drug-likeness (QED) is 0.248. The summed E-state index contributed by atoms with van der Waals surface area (Å²) < 4.78 is 30.4. The lowest BCUT2D eigenvalue weighted by atomic mass is 10.1. The molecule has 0 aliphatic carbocycles. The van der Waals surface area contributed by atoms with Crippen LogP contribution in [-0.4, -0.2) is 39.3 Å². The molecule has 2 aromatic rings. The second-order valence-corrected chi connectivity index (χ2v) is 10.9. The summed E-state index contributed by atoms with van der Waals surface area (Å²) in [5.74, 6) is -0.0538. The number of azo groups is 1.